The maximum atomic E-state index is 12.5. The van der Waals surface area contributed by atoms with Crippen LogP contribution in [0.1, 0.15) is 55.0 Å². The number of anilines is 1. The van der Waals surface area contributed by atoms with Gasteiger partial charge in [-0.05, 0) is 50.3 Å². The van der Waals surface area contributed by atoms with Gasteiger partial charge in [0.15, 0.2) is 0 Å². The molecule has 0 radical (unpaired) electrons. The summed E-state index contributed by atoms with van der Waals surface area (Å²) < 4.78 is 27.7. The Morgan fingerprint density at radius 2 is 1.74 bits per heavy atom. The molecule has 0 amide bonds. The van der Waals surface area contributed by atoms with Crippen LogP contribution in [0.25, 0.3) is 0 Å². The Labute approximate surface area is 137 Å². The van der Waals surface area contributed by atoms with Crippen LogP contribution in [0.2, 0.25) is 0 Å². The number of hydrogen-bond donors (Lipinski definition) is 2. The van der Waals surface area contributed by atoms with Crippen LogP contribution < -0.4 is 4.72 Å². The van der Waals surface area contributed by atoms with Crippen molar-refractivity contribution in [2.75, 3.05) is 4.72 Å². The smallest absolute Gasteiger partial charge is 0.265 e. The van der Waals surface area contributed by atoms with E-state index in [-0.39, 0.29) is 4.90 Å². The highest BCUT2D eigenvalue weighted by Crippen LogP contribution is 2.33. The maximum Gasteiger partial charge on any atom is 0.265 e. The molecule has 3 rings (SSSR count). The Kier molecular flexibility index (Phi) is 4.43. The number of aromatic amines is 1. The van der Waals surface area contributed by atoms with Crippen molar-refractivity contribution in [2.45, 2.75) is 56.8 Å². The zero-order valence-electron chi connectivity index (χ0n) is 13.6. The Balaban J connectivity index is 1.78. The van der Waals surface area contributed by atoms with E-state index in [1.807, 2.05) is 24.3 Å². The molecule has 2 N–H and O–H groups in total. The Morgan fingerprint density at radius 3 is 2.30 bits per heavy atom. The second-order valence-electron chi connectivity index (χ2n) is 6.33. The molecule has 0 bridgehead atoms. The summed E-state index contributed by atoms with van der Waals surface area (Å²) in [5.41, 5.74) is 2.93. The quantitative estimate of drug-likeness (QED) is 0.891. The van der Waals surface area contributed by atoms with Gasteiger partial charge < -0.3 is 0 Å². The fourth-order valence-electron chi connectivity index (χ4n) is 3.40. The highest BCUT2D eigenvalue weighted by molar-refractivity contribution is 7.92. The Hall–Kier alpha value is -1.82. The summed E-state index contributed by atoms with van der Waals surface area (Å²) in [7, 11) is -3.61. The van der Waals surface area contributed by atoms with E-state index in [9.17, 15) is 8.42 Å². The molecule has 23 heavy (non-hydrogen) atoms. The highest BCUT2D eigenvalue weighted by atomic mass is 32.2. The van der Waals surface area contributed by atoms with Crippen molar-refractivity contribution < 1.29 is 8.42 Å². The molecule has 1 fully saturated rings. The summed E-state index contributed by atoms with van der Waals surface area (Å²) in [6, 6.07) is 7.80. The van der Waals surface area contributed by atoms with Gasteiger partial charge in [0.1, 0.15) is 4.90 Å². The van der Waals surface area contributed by atoms with Crippen LogP contribution in [0, 0.1) is 13.8 Å². The lowest BCUT2D eigenvalue weighted by Gasteiger charge is -2.22. The monoisotopic (exact) mass is 333 g/mol. The SMILES string of the molecule is Cc1n[nH]c(C)c1S(=O)(=O)Nc1ccc(C2CCCCC2)cc1. The molecule has 0 saturated heterocycles. The standard InChI is InChI=1S/C17H23N3O2S/c1-12-17(13(2)19-18-12)23(21,22)20-16-10-8-15(9-11-16)14-6-4-3-5-7-14/h8-11,14,20H,3-7H2,1-2H3,(H,18,19). The molecule has 124 valence electrons. The Bertz CT molecular complexity index is 753. The van der Waals surface area contributed by atoms with Gasteiger partial charge in [-0.2, -0.15) is 5.10 Å². The van der Waals surface area contributed by atoms with Crippen LogP contribution in [0.5, 0.6) is 0 Å². The third kappa shape index (κ3) is 3.42. The van der Waals surface area contributed by atoms with Crippen LogP contribution in [0.15, 0.2) is 29.2 Å². The van der Waals surface area contributed by atoms with E-state index in [1.165, 1.54) is 37.7 Å². The molecule has 1 aromatic carbocycles. The van der Waals surface area contributed by atoms with Gasteiger partial charge in [-0.1, -0.05) is 31.4 Å². The molecule has 0 spiro atoms. The molecular weight excluding hydrogens is 310 g/mol. The average molecular weight is 333 g/mol. The second-order valence-corrected chi connectivity index (χ2v) is 7.94. The summed E-state index contributed by atoms with van der Waals surface area (Å²) in [6.07, 6.45) is 6.38. The molecule has 6 heteroatoms. The van der Waals surface area contributed by atoms with Crippen molar-refractivity contribution in [3.8, 4) is 0 Å². The first-order valence-corrected chi connectivity index (χ1v) is 9.60. The van der Waals surface area contributed by atoms with Gasteiger partial charge >= 0.3 is 0 Å². The van der Waals surface area contributed by atoms with Crippen LogP contribution >= 0.6 is 0 Å². The molecular formula is C17H23N3O2S. The predicted octanol–water partition coefficient (Wildman–Crippen LogP) is 3.88. The molecule has 1 heterocycles. The summed E-state index contributed by atoms with van der Waals surface area (Å²) in [5, 5.41) is 6.67. The molecule has 1 aliphatic rings. The van der Waals surface area contributed by atoms with Crippen LogP contribution in [0.3, 0.4) is 0 Å². The summed E-state index contributed by atoms with van der Waals surface area (Å²) in [4.78, 5) is 0.230. The molecule has 1 saturated carbocycles. The molecule has 1 aliphatic carbocycles. The number of aryl methyl sites for hydroxylation is 2. The largest absolute Gasteiger partial charge is 0.281 e. The van der Waals surface area contributed by atoms with Crippen LogP contribution in [-0.4, -0.2) is 18.6 Å². The zero-order valence-corrected chi connectivity index (χ0v) is 14.4. The third-order valence-corrected chi connectivity index (χ3v) is 6.21. The minimum Gasteiger partial charge on any atom is -0.281 e. The van der Waals surface area contributed by atoms with Crippen molar-refractivity contribution in [2.24, 2.45) is 0 Å². The normalized spacial score (nSPS) is 16.4. The number of nitrogens with zero attached hydrogens (tertiary/aromatic N) is 1. The third-order valence-electron chi connectivity index (χ3n) is 4.57. The van der Waals surface area contributed by atoms with E-state index in [0.717, 1.165) is 0 Å². The van der Waals surface area contributed by atoms with E-state index in [2.05, 4.69) is 14.9 Å². The van der Waals surface area contributed by atoms with Crippen molar-refractivity contribution >= 4 is 15.7 Å². The minimum atomic E-state index is -3.61. The molecule has 5 nitrogen and oxygen atoms in total. The number of sulfonamides is 1. The lowest BCUT2D eigenvalue weighted by atomic mass is 9.84. The minimum absolute atomic E-state index is 0.230. The number of hydrogen-bond acceptors (Lipinski definition) is 3. The van der Waals surface area contributed by atoms with Crippen molar-refractivity contribution in [1.29, 1.82) is 0 Å². The first kappa shape index (κ1) is 16.1. The summed E-state index contributed by atoms with van der Waals surface area (Å²) >= 11 is 0. The maximum absolute atomic E-state index is 12.5. The molecule has 0 aliphatic heterocycles. The molecule has 0 unspecified atom stereocenters. The number of H-pyrrole nitrogens is 1. The van der Waals surface area contributed by atoms with Crippen molar-refractivity contribution in [3.63, 3.8) is 0 Å². The van der Waals surface area contributed by atoms with E-state index in [4.69, 9.17) is 0 Å². The molecule has 0 atom stereocenters. The first-order chi connectivity index (χ1) is 11.0. The topological polar surface area (TPSA) is 74.8 Å². The fraction of sp³-hybridized carbons (Fsp3) is 0.471. The lowest BCUT2D eigenvalue weighted by Crippen LogP contribution is -2.14. The Morgan fingerprint density at radius 1 is 1.09 bits per heavy atom. The highest BCUT2D eigenvalue weighted by Gasteiger charge is 2.22. The van der Waals surface area contributed by atoms with E-state index >= 15 is 0 Å². The average Bonchev–Trinajstić information content (AvgIpc) is 2.88. The van der Waals surface area contributed by atoms with Gasteiger partial charge in [-0.15, -0.1) is 0 Å². The van der Waals surface area contributed by atoms with Crippen LogP contribution in [-0.2, 0) is 10.0 Å². The fourth-order valence-corrected chi connectivity index (χ4v) is 4.83. The van der Waals surface area contributed by atoms with Gasteiger partial charge in [0, 0.05) is 5.69 Å². The molecule has 2 aromatic rings. The zero-order chi connectivity index (χ0) is 16.4. The predicted molar refractivity (Wildman–Crippen MR) is 91.1 cm³/mol. The summed E-state index contributed by atoms with van der Waals surface area (Å²) in [5.74, 6) is 0.618. The summed E-state index contributed by atoms with van der Waals surface area (Å²) in [6.45, 7) is 3.39. The van der Waals surface area contributed by atoms with Gasteiger partial charge in [0.05, 0.1) is 11.4 Å². The van der Waals surface area contributed by atoms with E-state index in [1.54, 1.807) is 13.8 Å². The van der Waals surface area contributed by atoms with Gasteiger partial charge in [0.2, 0.25) is 0 Å². The first-order valence-electron chi connectivity index (χ1n) is 8.12. The number of aromatic nitrogens is 2. The van der Waals surface area contributed by atoms with Crippen molar-refractivity contribution in [3.05, 3.63) is 41.2 Å². The van der Waals surface area contributed by atoms with E-state index in [0.29, 0.717) is 23.0 Å². The van der Waals surface area contributed by atoms with Gasteiger partial charge in [0.25, 0.3) is 10.0 Å². The van der Waals surface area contributed by atoms with E-state index < -0.39 is 10.0 Å². The molecule has 1 aromatic heterocycles. The van der Waals surface area contributed by atoms with Gasteiger partial charge in [-0.3, -0.25) is 9.82 Å². The second kappa shape index (κ2) is 6.35. The van der Waals surface area contributed by atoms with Crippen LogP contribution in [0.4, 0.5) is 5.69 Å². The number of rotatable bonds is 4. The lowest BCUT2D eigenvalue weighted by molar-refractivity contribution is 0.443. The van der Waals surface area contributed by atoms with Gasteiger partial charge in [-0.25, -0.2) is 8.42 Å². The van der Waals surface area contributed by atoms with Crippen molar-refractivity contribution in [1.82, 2.24) is 10.2 Å². The number of benzene rings is 1. The number of nitrogens with one attached hydrogen (secondary N) is 2.